The van der Waals surface area contributed by atoms with Crippen molar-refractivity contribution in [3.05, 3.63) is 29.2 Å². The Morgan fingerprint density at radius 3 is 2.06 bits per heavy atom. The summed E-state index contributed by atoms with van der Waals surface area (Å²) in [6, 6.07) is 4.03. The van der Waals surface area contributed by atoms with Crippen LogP contribution in [0, 0.1) is 5.39 Å². The second kappa shape index (κ2) is 3.97. The largest absolute Gasteiger partial charge is 0.534 e. The van der Waals surface area contributed by atoms with Gasteiger partial charge in [0.05, 0.1) is 0 Å². The Bertz CT molecular complexity index is 515. The maximum absolute atomic E-state index is 11.9. The summed E-state index contributed by atoms with van der Waals surface area (Å²) in [5.41, 5.74) is -5.43. The van der Waals surface area contributed by atoms with Gasteiger partial charge in [0.2, 0.25) is 5.39 Å². The number of nitrogens with zero attached hydrogens (tertiary/aromatic N) is 2. The van der Waals surface area contributed by atoms with E-state index in [4.69, 9.17) is 5.39 Å². The average molecular weight is 253 g/mol. The van der Waals surface area contributed by atoms with Crippen LogP contribution in [0.25, 0.3) is 4.98 Å². The number of alkyl halides is 3. The van der Waals surface area contributed by atoms with Gasteiger partial charge in [-0.2, -0.15) is 21.6 Å². The molecule has 0 heterocycles. The molecule has 0 aliphatic carbocycles. The third-order valence-electron chi connectivity index (χ3n) is 1.44. The van der Waals surface area contributed by atoms with Crippen LogP contribution >= 0.6 is 0 Å². The zero-order valence-corrected chi connectivity index (χ0v) is 8.29. The molecule has 9 heteroatoms. The average Bonchev–Trinajstić information content (AvgIpc) is 2.16. The second-order valence-electron chi connectivity index (χ2n) is 2.58. The molecule has 0 atom stereocenters. The first kappa shape index (κ1) is 12.3. The molecule has 0 aliphatic heterocycles. The van der Waals surface area contributed by atoms with Crippen molar-refractivity contribution in [2.45, 2.75) is 5.51 Å². The van der Waals surface area contributed by atoms with E-state index in [1.54, 1.807) is 0 Å². The van der Waals surface area contributed by atoms with E-state index in [1.165, 1.54) is 0 Å². The molecule has 0 bridgehead atoms. The molecule has 0 saturated heterocycles. The van der Waals surface area contributed by atoms with Gasteiger partial charge in [-0.05, 0) is 12.1 Å². The van der Waals surface area contributed by atoms with Gasteiger partial charge in [-0.3, -0.25) is 0 Å². The molecular weight excluding hydrogens is 249 g/mol. The fourth-order valence-electron chi connectivity index (χ4n) is 0.742. The first-order valence-corrected chi connectivity index (χ1v) is 5.13. The summed E-state index contributed by atoms with van der Waals surface area (Å²) in [5, 5.41) is 8.28. The number of diazo groups is 1. The van der Waals surface area contributed by atoms with Crippen LogP contribution < -0.4 is 4.18 Å². The Kier molecular flexibility index (Phi) is 3.04. The van der Waals surface area contributed by atoms with E-state index < -0.39 is 21.4 Å². The minimum Gasteiger partial charge on any atom is -0.376 e. The van der Waals surface area contributed by atoms with Crippen LogP contribution in [0.3, 0.4) is 0 Å². The van der Waals surface area contributed by atoms with E-state index in [0.717, 1.165) is 24.3 Å². The molecule has 0 amide bonds. The van der Waals surface area contributed by atoms with Crippen LogP contribution in [0.15, 0.2) is 24.3 Å². The Balaban J connectivity index is 2.95. The molecule has 0 N–H and O–H groups in total. The summed E-state index contributed by atoms with van der Waals surface area (Å²) in [4.78, 5) is 2.73. The molecular formula is C7H4F3N2O3S+. The Morgan fingerprint density at radius 2 is 1.69 bits per heavy atom. The van der Waals surface area contributed by atoms with Crippen LogP contribution in [-0.4, -0.2) is 13.9 Å². The Labute approximate surface area is 88.2 Å². The van der Waals surface area contributed by atoms with Crippen LogP contribution in [0.1, 0.15) is 0 Å². The van der Waals surface area contributed by atoms with Gasteiger partial charge in [-0.25, -0.2) is 0 Å². The highest BCUT2D eigenvalue weighted by Gasteiger charge is 2.48. The van der Waals surface area contributed by atoms with Crippen LogP contribution in [0.4, 0.5) is 18.9 Å². The summed E-state index contributed by atoms with van der Waals surface area (Å²) >= 11 is 0. The molecule has 0 aliphatic rings. The molecule has 0 spiro atoms. The van der Waals surface area contributed by atoms with Gasteiger partial charge in [0.25, 0.3) is 0 Å². The lowest BCUT2D eigenvalue weighted by Gasteiger charge is -2.08. The van der Waals surface area contributed by atoms with Crippen molar-refractivity contribution in [1.82, 2.24) is 0 Å². The molecule has 1 aromatic rings. The van der Waals surface area contributed by atoms with E-state index in [2.05, 4.69) is 9.16 Å². The van der Waals surface area contributed by atoms with E-state index in [1.807, 2.05) is 0 Å². The molecule has 0 fully saturated rings. The topological polar surface area (TPSA) is 71.5 Å². The smallest absolute Gasteiger partial charge is 0.376 e. The molecule has 1 aromatic carbocycles. The SMILES string of the molecule is N#[N+]c1ccc(OS(=O)(=O)C(F)(F)F)cc1. The highest BCUT2D eigenvalue weighted by molar-refractivity contribution is 7.87. The number of hydrogen-bond acceptors (Lipinski definition) is 4. The summed E-state index contributed by atoms with van der Waals surface area (Å²) in [6.45, 7) is 0. The normalized spacial score (nSPS) is 11.9. The lowest BCUT2D eigenvalue weighted by Crippen LogP contribution is -2.27. The van der Waals surface area contributed by atoms with Crippen LogP contribution in [0.5, 0.6) is 5.75 Å². The van der Waals surface area contributed by atoms with Crippen molar-refractivity contribution in [3.63, 3.8) is 0 Å². The fraction of sp³-hybridized carbons (Fsp3) is 0.143. The predicted octanol–water partition coefficient (Wildman–Crippen LogP) is 2.40. The number of hydrogen-bond donors (Lipinski definition) is 0. The van der Waals surface area contributed by atoms with Crippen molar-refractivity contribution in [2.75, 3.05) is 0 Å². The maximum Gasteiger partial charge on any atom is 0.534 e. The van der Waals surface area contributed by atoms with Gasteiger partial charge >= 0.3 is 21.3 Å². The maximum atomic E-state index is 11.9. The van der Waals surface area contributed by atoms with E-state index in [9.17, 15) is 21.6 Å². The van der Waals surface area contributed by atoms with E-state index >= 15 is 0 Å². The summed E-state index contributed by atoms with van der Waals surface area (Å²) in [5.74, 6) is -0.523. The van der Waals surface area contributed by atoms with Gasteiger partial charge in [0, 0.05) is 12.1 Å². The third-order valence-corrected chi connectivity index (χ3v) is 2.42. The van der Waals surface area contributed by atoms with E-state index in [0.29, 0.717) is 0 Å². The molecule has 0 radical (unpaired) electrons. The van der Waals surface area contributed by atoms with Gasteiger partial charge in [0.15, 0.2) is 4.98 Å². The lowest BCUT2D eigenvalue weighted by atomic mass is 10.3. The first-order valence-electron chi connectivity index (χ1n) is 3.72. The van der Waals surface area contributed by atoms with Crippen molar-refractivity contribution in [2.24, 2.45) is 0 Å². The minimum absolute atomic E-state index is 0.0526. The molecule has 1 rings (SSSR count). The number of benzene rings is 1. The van der Waals surface area contributed by atoms with Crippen molar-refractivity contribution >= 4 is 15.8 Å². The second-order valence-corrected chi connectivity index (χ2v) is 4.11. The molecule has 16 heavy (non-hydrogen) atoms. The van der Waals surface area contributed by atoms with Gasteiger partial charge in [-0.1, -0.05) is 0 Å². The number of rotatable bonds is 2. The minimum atomic E-state index is -5.66. The van der Waals surface area contributed by atoms with Gasteiger partial charge in [0.1, 0.15) is 5.75 Å². The van der Waals surface area contributed by atoms with Gasteiger partial charge < -0.3 is 4.18 Å². The zero-order chi connectivity index (χ0) is 12.4. The first-order chi connectivity index (χ1) is 7.26. The summed E-state index contributed by atoms with van der Waals surface area (Å²) in [7, 11) is -5.66. The number of halogens is 3. The van der Waals surface area contributed by atoms with Crippen molar-refractivity contribution in [1.29, 1.82) is 5.39 Å². The molecule has 0 saturated carbocycles. The summed E-state index contributed by atoms with van der Waals surface area (Å²) < 4.78 is 60.6. The zero-order valence-electron chi connectivity index (χ0n) is 7.47. The molecule has 0 aromatic heterocycles. The van der Waals surface area contributed by atoms with Crippen LogP contribution in [-0.2, 0) is 10.1 Å². The van der Waals surface area contributed by atoms with Crippen molar-refractivity contribution < 1.29 is 25.8 Å². The molecule has 0 unspecified atom stereocenters. The van der Waals surface area contributed by atoms with Crippen LogP contribution in [0.2, 0.25) is 0 Å². The monoisotopic (exact) mass is 253 g/mol. The van der Waals surface area contributed by atoms with Crippen molar-refractivity contribution in [3.8, 4) is 5.75 Å². The fourth-order valence-corrected chi connectivity index (χ4v) is 1.20. The quantitative estimate of drug-likeness (QED) is 0.461. The molecule has 86 valence electrons. The third kappa shape index (κ3) is 2.60. The van der Waals surface area contributed by atoms with E-state index in [-0.39, 0.29) is 5.69 Å². The highest BCUT2D eigenvalue weighted by atomic mass is 32.2. The standard InChI is InChI=1S/C7H4F3N2O3S/c8-7(9,10)16(13,14)15-6-3-1-5(12-11)2-4-6/h1-4H/q+1. The Hall–Kier alpha value is -1.82. The van der Waals surface area contributed by atoms with Gasteiger partial charge in [-0.15, -0.1) is 0 Å². The summed E-state index contributed by atoms with van der Waals surface area (Å²) in [6.07, 6.45) is 0. The lowest BCUT2D eigenvalue weighted by molar-refractivity contribution is -0.0500. The predicted molar refractivity (Wildman–Crippen MR) is 46.8 cm³/mol. The Morgan fingerprint density at radius 1 is 1.19 bits per heavy atom. The highest BCUT2D eigenvalue weighted by Crippen LogP contribution is 2.27. The molecule has 5 nitrogen and oxygen atoms in total.